The Morgan fingerprint density at radius 2 is 1.71 bits per heavy atom. The van der Waals surface area contributed by atoms with Gasteiger partial charge in [0.15, 0.2) is 0 Å². The van der Waals surface area contributed by atoms with Gasteiger partial charge in [0.05, 0.1) is 27.5 Å². The average molecular weight is 446 g/mol. The fourth-order valence-corrected chi connectivity index (χ4v) is 3.82. The number of rotatable bonds is 4. The van der Waals surface area contributed by atoms with Crippen LogP contribution < -0.4 is 9.86 Å². The molecule has 0 saturated carbocycles. The standard InChI is InChI=1S/C17H11Cl2F2N3O3S/c1-23(15-8-10(20)2-7-14(15)21)28(26,27)12-5-3-11(4-6-12)24-17(25)16(19)13(18)9-22-24/h2-9H,1H3. The van der Waals surface area contributed by atoms with Crippen LogP contribution in [-0.4, -0.2) is 25.2 Å². The van der Waals surface area contributed by atoms with Crippen LogP contribution in [0.5, 0.6) is 0 Å². The maximum atomic E-state index is 13.9. The van der Waals surface area contributed by atoms with Crippen molar-refractivity contribution in [2.24, 2.45) is 0 Å². The van der Waals surface area contributed by atoms with Crippen LogP contribution in [0.15, 0.2) is 58.4 Å². The Kier molecular flexibility index (Phi) is 5.42. The molecule has 0 unspecified atom stereocenters. The topological polar surface area (TPSA) is 72.3 Å². The summed E-state index contributed by atoms with van der Waals surface area (Å²) in [7, 11) is -3.08. The Morgan fingerprint density at radius 1 is 1.07 bits per heavy atom. The van der Waals surface area contributed by atoms with Crippen LogP contribution >= 0.6 is 23.2 Å². The SMILES string of the molecule is CN(c1cc(F)ccc1F)S(=O)(=O)c1ccc(-n2ncc(Cl)c(Cl)c2=O)cc1. The summed E-state index contributed by atoms with van der Waals surface area (Å²) in [5.41, 5.74) is -0.878. The van der Waals surface area contributed by atoms with Gasteiger partial charge in [0.1, 0.15) is 16.7 Å². The lowest BCUT2D eigenvalue weighted by Gasteiger charge is -2.20. The summed E-state index contributed by atoms with van der Waals surface area (Å²) < 4.78 is 54.3. The quantitative estimate of drug-likeness (QED) is 0.614. The zero-order valence-electron chi connectivity index (χ0n) is 14.1. The van der Waals surface area contributed by atoms with Gasteiger partial charge in [0.25, 0.3) is 15.6 Å². The van der Waals surface area contributed by atoms with E-state index in [2.05, 4.69) is 5.10 Å². The highest BCUT2D eigenvalue weighted by Crippen LogP contribution is 2.26. The van der Waals surface area contributed by atoms with Crippen molar-refractivity contribution >= 4 is 38.9 Å². The molecule has 0 saturated heterocycles. The van der Waals surface area contributed by atoms with Gasteiger partial charge in [-0.25, -0.2) is 17.2 Å². The highest BCUT2D eigenvalue weighted by atomic mass is 35.5. The fraction of sp³-hybridized carbons (Fsp3) is 0.0588. The van der Waals surface area contributed by atoms with Crippen molar-refractivity contribution in [3.63, 3.8) is 0 Å². The summed E-state index contributed by atoms with van der Waals surface area (Å²) in [5.74, 6) is -1.67. The molecule has 6 nitrogen and oxygen atoms in total. The zero-order valence-corrected chi connectivity index (χ0v) is 16.4. The first-order chi connectivity index (χ1) is 13.1. The summed E-state index contributed by atoms with van der Waals surface area (Å²) >= 11 is 11.5. The van der Waals surface area contributed by atoms with E-state index in [9.17, 15) is 22.0 Å². The smallest absolute Gasteiger partial charge is 0.266 e. The second-order valence-corrected chi connectivity index (χ2v) is 8.34. The van der Waals surface area contributed by atoms with Crippen LogP contribution in [0.4, 0.5) is 14.5 Å². The van der Waals surface area contributed by atoms with E-state index in [1.165, 1.54) is 30.5 Å². The first kappa shape index (κ1) is 20.2. The predicted octanol–water partition coefficient (Wildman–Crippen LogP) is 3.64. The van der Waals surface area contributed by atoms with E-state index < -0.39 is 32.9 Å². The molecule has 0 aliphatic heterocycles. The molecule has 0 bridgehead atoms. The van der Waals surface area contributed by atoms with E-state index in [1.807, 2.05) is 0 Å². The van der Waals surface area contributed by atoms with Crippen molar-refractivity contribution in [2.45, 2.75) is 4.90 Å². The van der Waals surface area contributed by atoms with Crippen molar-refractivity contribution in [3.05, 3.63) is 80.7 Å². The Labute approximate surface area is 168 Å². The number of anilines is 1. The highest BCUT2D eigenvalue weighted by Gasteiger charge is 2.24. The first-order valence-corrected chi connectivity index (χ1v) is 9.80. The molecule has 0 atom stereocenters. The Hall–Kier alpha value is -2.49. The van der Waals surface area contributed by atoms with E-state index >= 15 is 0 Å². The summed E-state index contributed by atoms with van der Waals surface area (Å²) in [6, 6.07) is 7.55. The fourth-order valence-electron chi connectivity index (χ4n) is 2.37. The van der Waals surface area contributed by atoms with E-state index in [4.69, 9.17) is 23.2 Å². The molecule has 3 rings (SSSR count). The minimum Gasteiger partial charge on any atom is -0.266 e. The number of hydrogen-bond acceptors (Lipinski definition) is 4. The van der Waals surface area contributed by atoms with Crippen LogP contribution in [0.1, 0.15) is 0 Å². The van der Waals surface area contributed by atoms with Crippen LogP contribution in [-0.2, 0) is 10.0 Å². The second kappa shape index (κ2) is 7.50. The molecule has 0 radical (unpaired) electrons. The van der Waals surface area contributed by atoms with Gasteiger partial charge >= 0.3 is 0 Å². The second-order valence-electron chi connectivity index (χ2n) is 5.59. The van der Waals surface area contributed by atoms with Crippen LogP contribution in [0.25, 0.3) is 5.69 Å². The minimum atomic E-state index is -4.18. The molecule has 0 aliphatic carbocycles. The Balaban J connectivity index is 2.00. The van der Waals surface area contributed by atoms with Crippen LogP contribution in [0.3, 0.4) is 0 Å². The van der Waals surface area contributed by atoms with Gasteiger partial charge in [0.2, 0.25) is 0 Å². The van der Waals surface area contributed by atoms with Gasteiger partial charge in [-0.3, -0.25) is 9.10 Å². The molecule has 0 N–H and O–H groups in total. The predicted molar refractivity (Wildman–Crippen MR) is 102 cm³/mol. The van der Waals surface area contributed by atoms with Gasteiger partial charge in [-0.15, -0.1) is 0 Å². The zero-order chi connectivity index (χ0) is 20.6. The van der Waals surface area contributed by atoms with Gasteiger partial charge in [-0.05, 0) is 36.4 Å². The molecular weight excluding hydrogens is 435 g/mol. The maximum absolute atomic E-state index is 13.9. The van der Waals surface area contributed by atoms with Gasteiger partial charge in [-0.2, -0.15) is 9.78 Å². The van der Waals surface area contributed by atoms with Gasteiger partial charge < -0.3 is 0 Å². The molecule has 0 amide bonds. The molecule has 11 heteroatoms. The third kappa shape index (κ3) is 3.60. The van der Waals surface area contributed by atoms with Crippen LogP contribution in [0.2, 0.25) is 10.0 Å². The van der Waals surface area contributed by atoms with Crippen molar-refractivity contribution in [1.29, 1.82) is 0 Å². The Morgan fingerprint density at radius 3 is 2.36 bits per heavy atom. The maximum Gasteiger partial charge on any atom is 0.291 e. The molecule has 3 aromatic rings. The molecule has 1 aromatic heterocycles. The number of benzene rings is 2. The summed E-state index contributed by atoms with van der Waals surface area (Å²) in [4.78, 5) is 11.9. The number of hydrogen-bond donors (Lipinski definition) is 0. The summed E-state index contributed by atoms with van der Waals surface area (Å²) in [6.07, 6.45) is 1.18. The number of aromatic nitrogens is 2. The van der Waals surface area contributed by atoms with Crippen molar-refractivity contribution in [1.82, 2.24) is 9.78 Å². The number of nitrogens with zero attached hydrogens (tertiary/aromatic N) is 3. The van der Waals surface area contributed by atoms with E-state index in [0.717, 1.165) is 29.9 Å². The molecule has 2 aromatic carbocycles. The van der Waals surface area contributed by atoms with Gasteiger partial charge in [0, 0.05) is 13.1 Å². The lowest BCUT2D eigenvalue weighted by Crippen LogP contribution is -2.27. The van der Waals surface area contributed by atoms with Gasteiger partial charge in [-0.1, -0.05) is 23.2 Å². The number of halogens is 4. The average Bonchev–Trinajstić information content (AvgIpc) is 2.67. The van der Waals surface area contributed by atoms with Crippen LogP contribution in [0, 0.1) is 11.6 Å². The lowest BCUT2D eigenvalue weighted by molar-refractivity contribution is 0.585. The molecule has 0 fully saturated rings. The van der Waals surface area contributed by atoms with Crippen molar-refractivity contribution in [2.75, 3.05) is 11.4 Å². The molecule has 28 heavy (non-hydrogen) atoms. The monoisotopic (exact) mass is 445 g/mol. The largest absolute Gasteiger partial charge is 0.291 e. The van der Waals surface area contributed by atoms with Crippen molar-refractivity contribution in [3.8, 4) is 5.69 Å². The minimum absolute atomic E-state index is 0.0131. The molecule has 0 aliphatic rings. The Bertz CT molecular complexity index is 1220. The normalized spacial score (nSPS) is 11.5. The third-order valence-electron chi connectivity index (χ3n) is 3.86. The van der Waals surface area contributed by atoms with E-state index in [1.54, 1.807) is 0 Å². The molecule has 0 spiro atoms. The molecular formula is C17H11Cl2F2N3O3S. The summed E-state index contributed by atoms with van der Waals surface area (Å²) in [5, 5.41) is 3.60. The summed E-state index contributed by atoms with van der Waals surface area (Å²) in [6.45, 7) is 0. The molecule has 1 heterocycles. The third-order valence-corrected chi connectivity index (χ3v) is 6.40. The molecule has 146 valence electrons. The van der Waals surface area contributed by atoms with E-state index in [-0.39, 0.29) is 20.6 Å². The first-order valence-electron chi connectivity index (χ1n) is 7.60. The van der Waals surface area contributed by atoms with E-state index in [0.29, 0.717) is 4.31 Å². The highest BCUT2D eigenvalue weighted by molar-refractivity contribution is 7.92. The van der Waals surface area contributed by atoms with Crippen molar-refractivity contribution < 1.29 is 17.2 Å². The lowest BCUT2D eigenvalue weighted by atomic mass is 10.3. The number of sulfonamides is 1.